The van der Waals surface area contributed by atoms with E-state index in [9.17, 15) is 0 Å². The summed E-state index contributed by atoms with van der Waals surface area (Å²) in [6.07, 6.45) is 5.00. The molecule has 1 aromatic rings. The SMILES string of the molecule is CCCNCC1CCC1Cc1c(Cl)c(C)nn1CC. The summed E-state index contributed by atoms with van der Waals surface area (Å²) in [7, 11) is 0. The zero-order valence-corrected chi connectivity index (χ0v) is 13.1. The van der Waals surface area contributed by atoms with Gasteiger partial charge >= 0.3 is 0 Å². The van der Waals surface area contributed by atoms with Gasteiger partial charge in [-0.15, -0.1) is 0 Å². The lowest BCUT2D eigenvalue weighted by Gasteiger charge is -2.37. The third kappa shape index (κ3) is 3.32. The van der Waals surface area contributed by atoms with Crippen molar-refractivity contribution in [3.05, 3.63) is 16.4 Å². The Labute approximate surface area is 121 Å². The number of halogens is 1. The Kier molecular flexibility index (Phi) is 5.28. The summed E-state index contributed by atoms with van der Waals surface area (Å²) in [6, 6.07) is 0. The summed E-state index contributed by atoms with van der Waals surface area (Å²) < 4.78 is 2.08. The van der Waals surface area contributed by atoms with Gasteiger partial charge < -0.3 is 5.32 Å². The minimum atomic E-state index is 0.781. The highest BCUT2D eigenvalue weighted by Crippen LogP contribution is 2.38. The summed E-state index contributed by atoms with van der Waals surface area (Å²) in [5, 5.41) is 8.94. The van der Waals surface area contributed by atoms with E-state index >= 15 is 0 Å². The highest BCUT2D eigenvalue weighted by atomic mass is 35.5. The predicted octanol–water partition coefficient (Wildman–Crippen LogP) is 3.43. The second kappa shape index (κ2) is 6.76. The molecule has 0 spiro atoms. The lowest BCUT2D eigenvalue weighted by molar-refractivity contribution is 0.168. The quantitative estimate of drug-likeness (QED) is 0.777. The van der Waals surface area contributed by atoms with Gasteiger partial charge in [0.2, 0.25) is 0 Å². The van der Waals surface area contributed by atoms with Crippen molar-refractivity contribution < 1.29 is 0 Å². The zero-order chi connectivity index (χ0) is 13.8. The molecule has 3 nitrogen and oxygen atoms in total. The second-order valence-electron chi connectivity index (χ2n) is 5.67. The van der Waals surface area contributed by atoms with Crippen LogP contribution in [0.3, 0.4) is 0 Å². The van der Waals surface area contributed by atoms with Crippen molar-refractivity contribution in [2.24, 2.45) is 11.8 Å². The van der Waals surface area contributed by atoms with Crippen LogP contribution in [0.1, 0.15) is 44.5 Å². The minimum Gasteiger partial charge on any atom is -0.316 e. The van der Waals surface area contributed by atoms with Crippen LogP contribution >= 0.6 is 11.6 Å². The molecule has 0 radical (unpaired) electrons. The lowest BCUT2D eigenvalue weighted by atomic mass is 9.71. The number of aromatic nitrogens is 2. The summed E-state index contributed by atoms with van der Waals surface area (Å²) in [4.78, 5) is 0. The summed E-state index contributed by atoms with van der Waals surface area (Å²) in [5.74, 6) is 1.60. The third-order valence-electron chi connectivity index (χ3n) is 4.32. The zero-order valence-electron chi connectivity index (χ0n) is 12.4. The fraction of sp³-hybridized carbons (Fsp3) is 0.800. The Bertz CT molecular complexity index is 414. The fourth-order valence-corrected chi connectivity index (χ4v) is 3.16. The normalized spacial score (nSPS) is 22.5. The Balaban J connectivity index is 1.94. The molecule has 0 aliphatic heterocycles. The van der Waals surface area contributed by atoms with E-state index in [0.29, 0.717) is 0 Å². The van der Waals surface area contributed by atoms with Crippen LogP contribution in [0, 0.1) is 18.8 Å². The first-order valence-corrected chi connectivity index (χ1v) is 7.97. The number of hydrogen-bond donors (Lipinski definition) is 1. The molecule has 0 amide bonds. The van der Waals surface area contributed by atoms with Gasteiger partial charge in [-0.1, -0.05) is 18.5 Å². The van der Waals surface area contributed by atoms with Crippen LogP contribution < -0.4 is 5.32 Å². The molecule has 1 saturated carbocycles. The average molecular weight is 284 g/mol. The number of nitrogens with one attached hydrogen (secondary N) is 1. The molecule has 1 aliphatic carbocycles. The number of nitrogens with zero attached hydrogens (tertiary/aromatic N) is 2. The van der Waals surface area contributed by atoms with Crippen molar-refractivity contribution in [2.45, 2.75) is 53.0 Å². The standard InChI is InChI=1S/C15H26ClN3/c1-4-8-17-10-13-7-6-12(13)9-14-15(16)11(3)18-19(14)5-2/h12-13,17H,4-10H2,1-3H3. The number of rotatable bonds is 7. The van der Waals surface area contributed by atoms with Crippen molar-refractivity contribution in [3.63, 3.8) is 0 Å². The van der Waals surface area contributed by atoms with E-state index in [1.165, 1.54) is 25.0 Å². The molecule has 0 saturated heterocycles. The van der Waals surface area contributed by atoms with E-state index in [2.05, 4.69) is 28.9 Å². The van der Waals surface area contributed by atoms with Crippen LogP contribution in [0.15, 0.2) is 0 Å². The second-order valence-corrected chi connectivity index (χ2v) is 6.05. The molecule has 1 aliphatic rings. The van der Waals surface area contributed by atoms with Gasteiger partial charge in [0.1, 0.15) is 0 Å². The first-order chi connectivity index (χ1) is 9.17. The van der Waals surface area contributed by atoms with Crippen LogP contribution in [0.4, 0.5) is 0 Å². The molecule has 4 heteroatoms. The van der Waals surface area contributed by atoms with Gasteiger partial charge in [-0.3, -0.25) is 4.68 Å². The largest absolute Gasteiger partial charge is 0.316 e. The Morgan fingerprint density at radius 1 is 1.32 bits per heavy atom. The molecular formula is C15H26ClN3. The maximum absolute atomic E-state index is 6.39. The topological polar surface area (TPSA) is 29.9 Å². The highest BCUT2D eigenvalue weighted by molar-refractivity contribution is 6.31. The molecule has 1 aromatic heterocycles. The van der Waals surface area contributed by atoms with E-state index in [1.807, 2.05) is 6.92 Å². The number of aryl methyl sites for hydroxylation is 2. The van der Waals surface area contributed by atoms with Gasteiger partial charge in [-0.25, -0.2) is 0 Å². The monoisotopic (exact) mass is 283 g/mol. The van der Waals surface area contributed by atoms with Crippen molar-refractivity contribution in [2.75, 3.05) is 13.1 Å². The van der Waals surface area contributed by atoms with E-state index in [4.69, 9.17) is 11.6 Å². The number of hydrogen-bond acceptors (Lipinski definition) is 2. The van der Waals surface area contributed by atoms with Crippen molar-refractivity contribution in [3.8, 4) is 0 Å². The molecule has 1 N–H and O–H groups in total. The fourth-order valence-electron chi connectivity index (χ4n) is 2.95. The first-order valence-electron chi connectivity index (χ1n) is 7.59. The van der Waals surface area contributed by atoms with Crippen molar-refractivity contribution in [1.82, 2.24) is 15.1 Å². The van der Waals surface area contributed by atoms with Gasteiger partial charge in [-0.05, 0) is 64.5 Å². The van der Waals surface area contributed by atoms with Gasteiger partial charge in [0.25, 0.3) is 0 Å². The van der Waals surface area contributed by atoms with Crippen LogP contribution in [-0.4, -0.2) is 22.9 Å². The van der Waals surface area contributed by atoms with E-state index < -0.39 is 0 Å². The Morgan fingerprint density at radius 3 is 2.63 bits per heavy atom. The minimum absolute atomic E-state index is 0.781. The first kappa shape index (κ1) is 14.9. The maximum atomic E-state index is 6.39. The van der Waals surface area contributed by atoms with E-state index in [1.54, 1.807) is 0 Å². The lowest BCUT2D eigenvalue weighted by Crippen LogP contribution is -2.37. The molecule has 2 unspecified atom stereocenters. The van der Waals surface area contributed by atoms with Crippen molar-refractivity contribution in [1.29, 1.82) is 0 Å². The summed E-state index contributed by atoms with van der Waals surface area (Å²) in [6.45, 7) is 9.56. The predicted molar refractivity (Wildman–Crippen MR) is 80.7 cm³/mol. The molecule has 1 heterocycles. The molecule has 19 heavy (non-hydrogen) atoms. The average Bonchev–Trinajstić information content (AvgIpc) is 2.66. The van der Waals surface area contributed by atoms with Gasteiger partial charge in [0, 0.05) is 6.54 Å². The third-order valence-corrected chi connectivity index (χ3v) is 4.81. The molecule has 2 rings (SSSR count). The van der Waals surface area contributed by atoms with E-state index in [0.717, 1.165) is 48.6 Å². The Hall–Kier alpha value is -0.540. The highest BCUT2D eigenvalue weighted by Gasteiger charge is 2.32. The van der Waals surface area contributed by atoms with Gasteiger partial charge in [0.05, 0.1) is 16.4 Å². The van der Waals surface area contributed by atoms with Crippen molar-refractivity contribution >= 4 is 11.6 Å². The molecule has 108 valence electrons. The van der Waals surface area contributed by atoms with Crippen LogP contribution in [0.5, 0.6) is 0 Å². The molecule has 0 aromatic carbocycles. The van der Waals surface area contributed by atoms with Crippen LogP contribution in [0.25, 0.3) is 0 Å². The summed E-state index contributed by atoms with van der Waals surface area (Å²) >= 11 is 6.39. The molecule has 0 bridgehead atoms. The smallest absolute Gasteiger partial charge is 0.0847 e. The molecule has 1 fully saturated rings. The van der Waals surface area contributed by atoms with Gasteiger partial charge in [0.15, 0.2) is 0 Å². The summed E-state index contributed by atoms with van der Waals surface area (Å²) in [5.41, 5.74) is 2.21. The maximum Gasteiger partial charge on any atom is 0.0847 e. The molecule has 2 atom stereocenters. The molecular weight excluding hydrogens is 258 g/mol. The van der Waals surface area contributed by atoms with Crippen LogP contribution in [0.2, 0.25) is 5.02 Å². The van der Waals surface area contributed by atoms with E-state index in [-0.39, 0.29) is 0 Å². The Morgan fingerprint density at radius 2 is 2.05 bits per heavy atom. The van der Waals surface area contributed by atoms with Crippen LogP contribution in [-0.2, 0) is 13.0 Å². The van der Waals surface area contributed by atoms with Gasteiger partial charge in [-0.2, -0.15) is 5.10 Å².